The number of benzene rings is 1. The molecule has 6 heteroatoms. The van der Waals surface area contributed by atoms with E-state index in [2.05, 4.69) is 4.72 Å². The molecular formula is C13H18ClNO3S. The first-order valence-electron chi connectivity index (χ1n) is 6.47. The molecule has 2 rings (SSSR count). The summed E-state index contributed by atoms with van der Waals surface area (Å²) in [6.45, 7) is 2.34. The molecule has 1 aromatic carbocycles. The van der Waals surface area contributed by atoms with Crippen LogP contribution < -0.4 is 9.46 Å². The molecule has 0 heterocycles. The van der Waals surface area contributed by atoms with E-state index in [0.717, 1.165) is 25.7 Å². The number of ether oxygens (including phenoxy) is 1. The molecule has 1 fully saturated rings. The topological polar surface area (TPSA) is 55.4 Å². The van der Waals surface area contributed by atoms with Crippen LogP contribution in [0.4, 0.5) is 0 Å². The minimum absolute atomic E-state index is 0.0512. The largest absolute Gasteiger partial charge is 0.492 e. The van der Waals surface area contributed by atoms with E-state index in [1.54, 1.807) is 6.07 Å². The lowest BCUT2D eigenvalue weighted by atomic mass is 10.3. The fourth-order valence-corrected chi connectivity index (χ4v) is 3.88. The lowest BCUT2D eigenvalue weighted by Gasteiger charge is -2.13. The minimum atomic E-state index is -3.49. The van der Waals surface area contributed by atoms with Crippen LogP contribution in [-0.2, 0) is 10.0 Å². The van der Waals surface area contributed by atoms with E-state index in [1.807, 2.05) is 6.92 Å². The van der Waals surface area contributed by atoms with Gasteiger partial charge in [0.15, 0.2) is 0 Å². The molecule has 0 saturated heterocycles. The van der Waals surface area contributed by atoms with E-state index < -0.39 is 10.0 Å². The predicted molar refractivity (Wildman–Crippen MR) is 75.2 cm³/mol. The average Bonchev–Trinajstić information content (AvgIpc) is 2.84. The molecular weight excluding hydrogens is 286 g/mol. The lowest BCUT2D eigenvalue weighted by molar-refractivity contribution is 0.340. The zero-order valence-electron chi connectivity index (χ0n) is 10.9. The van der Waals surface area contributed by atoms with Gasteiger partial charge < -0.3 is 4.74 Å². The van der Waals surface area contributed by atoms with Crippen molar-refractivity contribution in [3.05, 3.63) is 23.2 Å². The summed E-state index contributed by atoms with van der Waals surface area (Å²) in [5.41, 5.74) is 0. The normalized spacial score (nSPS) is 16.7. The first kappa shape index (κ1) is 14.6. The molecule has 0 unspecified atom stereocenters. The Balaban J connectivity index is 2.17. The third-order valence-corrected chi connectivity index (χ3v) is 5.00. The Hall–Kier alpha value is -0.780. The smallest absolute Gasteiger partial charge is 0.240 e. The molecule has 1 saturated carbocycles. The third-order valence-electron chi connectivity index (χ3n) is 3.19. The summed E-state index contributed by atoms with van der Waals surface area (Å²) in [5.74, 6) is 0.504. The van der Waals surface area contributed by atoms with Crippen molar-refractivity contribution in [2.75, 3.05) is 6.61 Å². The standard InChI is InChI=1S/C13H18ClNO3S/c1-2-18-13-8-7-11(9-12(13)14)19(16,17)15-10-5-3-4-6-10/h7-10,15H,2-6H2,1H3. The minimum Gasteiger partial charge on any atom is -0.492 e. The summed E-state index contributed by atoms with van der Waals surface area (Å²) in [4.78, 5) is 0.188. The Morgan fingerprint density at radius 3 is 2.63 bits per heavy atom. The summed E-state index contributed by atoms with van der Waals surface area (Å²) in [6.07, 6.45) is 3.97. The number of sulfonamides is 1. The van der Waals surface area contributed by atoms with Crippen molar-refractivity contribution in [1.29, 1.82) is 0 Å². The van der Waals surface area contributed by atoms with Crippen molar-refractivity contribution in [1.82, 2.24) is 4.72 Å². The molecule has 4 nitrogen and oxygen atoms in total. The van der Waals surface area contributed by atoms with Gasteiger partial charge in [-0.15, -0.1) is 0 Å². The second-order valence-electron chi connectivity index (χ2n) is 4.63. The Bertz CT molecular complexity index is 539. The van der Waals surface area contributed by atoms with Crippen molar-refractivity contribution < 1.29 is 13.2 Å². The molecule has 0 aliphatic heterocycles. The summed E-state index contributed by atoms with van der Waals surface area (Å²) in [5, 5.41) is 0.316. The SMILES string of the molecule is CCOc1ccc(S(=O)(=O)NC2CCCC2)cc1Cl. The van der Waals surface area contributed by atoms with Gasteiger partial charge in [-0.25, -0.2) is 13.1 Å². The Kier molecular flexibility index (Phi) is 4.71. The summed E-state index contributed by atoms with van der Waals surface area (Å²) >= 11 is 6.01. The van der Waals surface area contributed by atoms with Crippen molar-refractivity contribution in [2.45, 2.75) is 43.5 Å². The van der Waals surface area contributed by atoms with E-state index >= 15 is 0 Å². The highest BCUT2D eigenvalue weighted by molar-refractivity contribution is 7.89. The lowest BCUT2D eigenvalue weighted by Crippen LogP contribution is -2.32. The van der Waals surface area contributed by atoms with Crippen LogP contribution in [0.5, 0.6) is 5.75 Å². The van der Waals surface area contributed by atoms with Crippen LogP contribution in [-0.4, -0.2) is 21.1 Å². The molecule has 1 aliphatic carbocycles. The second kappa shape index (κ2) is 6.11. The summed E-state index contributed by atoms with van der Waals surface area (Å²) in [7, 11) is -3.49. The number of hydrogen-bond donors (Lipinski definition) is 1. The maximum atomic E-state index is 12.2. The first-order valence-corrected chi connectivity index (χ1v) is 8.33. The molecule has 1 aromatic rings. The monoisotopic (exact) mass is 303 g/mol. The fraction of sp³-hybridized carbons (Fsp3) is 0.538. The van der Waals surface area contributed by atoms with Gasteiger partial charge in [-0.05, 0) is 38.0 Å². The maximum absolute atomic E-state index is 12.2. The first-order chi connectivity index (χ1) is 9.03. The van der Waals surface area contributed by atoms with Gasteiger partial charge in [0.2, 0.25) is 10.0 Å². The molecule has 0 aromatic heterocycles. The van der Waals surface area contributed by atoms with Crippen LogP contribution in [0.3, 0.4) is 0 Å². The highest BCUT2D eigenvalue weighted by Crippen LogP contribution is 2.28. The van der Waals surface area contributed by atoms with Gasteiger partial charge >= 0.3 is 0 Å². The van der Waals surface area contributed by atoms with E-state index in [1.165, 1.54) is 12.1 Å². The van der Waals surface area contributed by atoms with Crippen LogP contribution in [0.2, 0.25) is 5.02 Å². The maximum Gasteiger partial charge on any atom is 0.240 e. The van der Waals surface area contributed by atoms with Crippen LogP contribution in [0, 0.1) is 0 Å². The number of rotatable bonds is 5. The summed E-state index contributed by atoms with van der Waals surface area (Å²) < 4.78 is 32.4. The number of hydrogen-bond acceptors (Lipinski definition) is 3. The van der Waals surface area contributed by atoms with Crippen molar-refractivity contribution in [3.63, 3.8) is 0 Å². The zero-order chi connectivity index (χ0) is 13.9. The van der Waals surface area contributed by atoms with E-state index in [4.69, 9.17) is 16.3 Å². The van der Waals surface area contributed by atoms with Gasteiger partial charge in [0.1, 0.15) is 5.75 Å². The third kappa shape index (κ3) is 3.61. The Morgan fingerprint density at radius 2 is 2.05 bits per heavy atom. The summed E-state index contributed by atoms with van der Waals surface area (Å²) in [6, 6.07) is 4.60. The van der Waals surface area contributed by atoms with Crippen molar-refractivity contribution >= 4 is 21.6 Å². The van der Waals surface area contributed by atoms with Crippen molar-refractivity contribution in [2.24, 2.45) is 0 Å². The molecule has 0 atom stereocenters. The number of nitrogens with one attached hydrogen (secondary N) is 1. The Morgan fingerprint density at radius 1 is 1.37 bits per heavy atom. The molecule has 0 amide bonds. The second-order valence-corrected chi connectivity index (χ2v) is 6.75. The van der Waals surface area contributed by atoms with Crippen LogP contribution in [0.1, 0.15) is 32.6 Å². The van der Waals surface area contributed by atoms with Gasteiger partial charge in [-0.3, -0.25) is 0 Å². The quantitative estimate of drug-likeness (QED) is 0.910. The van der Waals surface area contributed by atoms with E-state index in [0.29, 0.717) is 17.4 Å². The Labute approximate surface area is 119 Å². The van der Waals surface area contributed by atoms with Gasteiger partial charge in [0.25, 0.3) is 0 Å². The molecule has 19 heavy (non-hydrogen) atoms. The van der Waals surface area contributed by atoms with Gasteiger partial charge in [0.05, 0.1) is 16.5 Å². The highest BCUT2D eigenvalue weighted by Gasteiger charge is 2.23. The molecule has 0 spiro atoms. The molecule has 106 valence electrons. The number of halogens is 1. The van der Waals surface area contributed by atoms with Gasteiger partial charge in [-0.1, -0.05) is 24.4 Å². The molecule has 1 aliphatic rings. The van der Waals surface area contributed by atoms with E-state index in [9.17, 15) is 8.42 Å². The van der Waals surface area contributed by atoms with Crippen LogP contribution >= 0.6 is 11.6 Å². The zero-order valence-corrected chi connectivity index (χ0v) is 12.4. The molecule has 0 radical (unpaired) electrons. The van der Waals surface area contributed by atoms with E-state index in [-0.39, 0.29) is 10.9 Å². The molecule has 1 N–H and O–H groups in total. The fourth-order valence-electron chi connectivity index (χ4n) is 2.25. The van der Waals surface area contributed by atoms with Crippen LogP contribution in [0.15, 0.2) is 23.1 Å². The highest BCUT2D eigenvalue weighted by atomic mass is 35.5. The van der Waals surface area contributed by atoms with Crippen molar-refractivity contribution in [3.8, 4) is 5.75 Å². The predicted octanol–water partition coefficient (Wildman–Crippen LogP) is 2.96. The average molecular weight is 304 g/mol. The van der Waals surface area contributed by atoms with Crippen LogP contribution in [0.25, 0.3) is 0 Å². The molecule has 0 bridgehead atoms. The van der Waals surface area contributed by atoms with Gasteiger partial charge in [-0.2, -0.15) is 0 Å². The van der Waals surface area contributed by atoms with Gasteiger partial charge in [0, 0.05) is 6.04 Å².